The van der Waals surface area contributed by atoms with Gasteiger partial charge in [-0.05, 0) is 31.9 Å². The predicted octanol–water partition coefficient (Wildman–Crippen LogP) is 2.00. The standard InChI is InChI=1S/C13H15N3O2/c1-8-10(3-2-4-11(8)17)13-16-15-12(18-13)7-14-9-5-6-9/h2-4,9,14,17H,5-7H2,1H3. The number of hydrogen-bond donors (Lipinski definition) is 2. The van der Waals surface area contributed by atoms with Crippen LogP contribution in [0.2, 0.25) is 0 Å². The molecule has 1 heterocycles. The minimum atomic E-state index is 0.239. The Hall–Kier alpha value is -1.88. The van der Waals surface area contributed by atoms with Gasteiger partial charge in [0.25, 0.3) is 0 Å². The van der Waals surface area contributed by atoms with E-state index in [2.05, 4.69) is 15.5 Å². The largest absolute Gasteiger partial charge is 0.508 e. The van der Waals surface area contributed by atoms with Crippen LogP contribution in [0.3, 0.4) is 0 Å². The molecule has 5 nitrogen and oxygen atoms in total. The normalized spacial score (nSPS) is 14.9. The highest BCUT2D eigenvalue weighted by atomic mass is 16.4. The summed E-state index contributed by atoms with van der Waals surface area (Å²) in [5.74, 6) is 1.28. The zero-order chi connectivity index (χ0) is 12.5. The average Bonchev–Trinajstić information content (AvgIpc) is 3.08. The molecule has 1 aliphatic rings. The molecular formula is C13H15N3O2. The summed E-state index contributed by atoms with van der Waals surface area (Å²) < 4.78 is 5.59. The van der Waals surface area contributed by atoms with Crippen molar-refractivity contribution in [3.8, 4) is 17.2 Å². The molecule has 0 atom stereocenters. The van der Waals surface area contributed by atoms with Crippen molar-refractivity contribution in [1.82, 2.24) is 15.5 Å². The van der Waals surface area contributed by atoms with Crippen molar-refractivity contribution in [2.24, 2.45) is 0 Å². The van der Waals surface area contributed by atoms with Gasteiger partial charge in [0, 0.05) is 17.2 Å². The van der Waals surface area contributed by atoms with Crippen LogP contribution in [0.25, 0.3) is 11.5 Å². The van der Waals surface area contributed by atoms with E-state index in [1.54, 1.807) is 12.1 Å². The first-order valence-electron chi connectivity index (χ1n) is 6.09. The van der Waals surface area contributed by atoms with E-state index in [-0.39, 0.29) is 5.75 Å². The van der Waals surface area contributed by atoms with Gasteiger partial charge in [0.1, 0.15) is 5.75 Å². The van der Waals surface area contributed by atoms with Crippen molar-refractivity contribution < 1.29 is 9.52 Å². The zero-order valence-corrected chi connectivity index (χ0v) is 10.2. The lowest BCUT2D eigenvalue weighted by Gasteiger charge is -2.02. The summed E-state index contributed by atoms with van der Waals surface area (Å²) >= 11 is 0. The van der Waals surface area contributed by atoms with Crippen molar-refractivity contribution in [3.05, 3.63) is 29.7 Å². The van der Waals surface area contributed by atoms with E-state index in [1.807, 2.05) is 13.0 Å². The van der Waals surface area contributed by atoms with Gasteiger partial charge in [0.2, 0.25) is 11.8 Å². The number of rotatable bonds is 4. The maximum Gasteiger partial charge on any atom is 0.248 e. The first-order valence-corrected chi connectivity index (χ1v) is 6.09. The molecule has 5 heteroatoms. The maximum absolute atomic E-state index is 9.65. The van der Waals surface area contributed by atoms with Gasteiger partial charge in [-0.2, -0.15) is 0 Å². The first-order chi connectivity index (χ1) is 8.74. The van der Waals surface area contributed by atoms with Crippen molar-refractivity contribution in [2.45, 2.75) is 32.4 Å². The predicted molar refractivity (Wildman–Crippen MR) is 66.0 cm³/mol. The van der Waals surface area contributed by atoms with Crippen LogP contribution in [0.4, 0.5) is 0 Å². The molecule has 0 radical (unpaired) electrons. The molecule has 94 valence electrons. The van der Waals surface area contributed by atoms with Gasteiger partial charge in [-0.3, -0.25) is 0 Å². The molecule has 2 aromatic rings. The quantitative estimate of drug-likeness (QED) is 0.862. The van der Waals surface area contributed by atoms with E-state index >= 15 is 0 Å². The van der Waals surface area contributed by atoms with Gasteiger partial charge < -0.3 is 14.8 Å². The molecule has 1 saturated carbocycles. The minimum absolute atomic E-state index is 0.239. The SMILES string of the molecule is Cc1c(O)cccc1-c1nnc(CNC2CC2)o1. The van der Waals surface area contributed by atoms with Gasteiger partial charge in [0.15, 0.2) is 0 Å². The molecule has 0 bridgehead atoms. The Labute approximate surface area is 105 Å². The molecule has 1 aliphatic carbocycles. The highest BCUT2D eigenvalue weighted by Crippen LogP contribution is 2.28. The maximum atomic E-state index is 9.65. The van der Waals surface area contributed by atoms with Crippen LogP contribution in [0.15, 0.2) is 22.6 Å². The van der Waals surface area contributed by atoms with Gasteiger partial charge >= 0.3 is 0 Å². The summed E-state index contributed by atoms with van der Waals surface area (Å²) in [5, 5.41) is 21.0. The van der Waals surface area contributed by atoms with Gasteiger partial charge in [-0.15, -0.1) is 10.2 Å². The van der Waals surface area contributed by atoms with E-state index in [4.69, 9.17) is 4.42 Å². The number of benzene rings is 1. The number of hydrogen-bond acceptors (Lipinski definition) is 5. The molecule has 0 saturated heterocycles. The molecule has 0 amide bonds. The van der Waals surface area contributed by atoms with Crippen molar-refractivity contribution in [3.63, 3.8) is 0 Å². The van der Waals surface area contributed by atoms with Crippen LogP contribution >= 0.6 is 0 Å². The van der Waals surface area contributed by atoms with E-state index in [9.17, 15) is 5.11 Å². The second-order valence-electron chi connectivity index (χ2n) is 4.61. The van der Waals surface area contributed by atoms with Crippen molar-refractivity contribution >= 4 is 0 Å². The summed E-state index contributed by atoms with van der Waals surface area (Å²) in [5.41, 5.74) is 1.53. The minimum Gasteiger partial charge on any atom is -0.508 e. The van der Waals surface area contributed by atoms with E-state index in [0.717, 1.165) is 11.1 Å². The monoisotopic (exact) mass is 245 g/mol. The van der Waals surface area contributed by atoms with E-state index in [0.29, 0.717) is 24.4 Å². The van der Waals surface area contributed by atoms with Crippen molar-refractivity contribution in [1.29, 1.82) is 0 Å². The zero-order valence-electron chi connectivity index (χ0n) is 10.2. The fourth-order valence-electron chi connectivity index (χ4n) is 1.81. The summed E-state index contributed by atoms with van der Waals surface area (Å²) in [7, 11) is 0. The molecule has 0 unspecified atom stereocenters. The molecule has 0 aliphatic heterocycles. The van der Waals surface area contributed by atoms with Crippen LogP contribution < -0.4 is 5.32 Å². The Morgan fingerprint density at radius 3 is 3.00 bits per heavy atom. The summed E-state index contributed by atoms with van der Waals surface area (Å²) in [6, 6.07) is 5.89. The summed E-state index contributed by atoms with van der Waals surface area (Å²) in [6.07, 6.45) is 2.46. The molecular weight excluding hydrogens is 230 g/mol. The van der Waals surface area contributed by atoms with Crippen LogP contribution in [0.1, 0.15) is 24.3 Å². The fraction of sp³-hybridized carbons (Fsp3) is 0.385. The van der Waals surface area contributed by atoms with Crippen LogP contribution in [0.5, 0.6) is 5.75 Å². The Kier molecular flexibility index (Phi) is 2.76. The first kappa shape index (κ1) is 11.2. The lowest BCUT2D eigenvalue weighted by Crippen LogP contribution is -2.15. The van der Waals surface area contributed by atoms with E-state index in [1.165, 1.54) is 12.8 Å². The average molecular weight is 245 g/mol. The number of aromatic nitrogens is 2. The number of aromatic hydroxyl groups is 1. The molecule has 1 aromatic heterocycles. The smallest absolute Gasteiger partial charge is 0.248 e. The molecule has 3 rings (SSSR count). The fourth-order valence-corrected chi connectivity index (χ4v) is 1.81. The van der Waals surface area contributed by atoms with Crippen LogP contribution in [-0.2, 0) is 6.54 Å². The lowest BCUT2D eigenvalue weighted by atomic mass is 10.1. The summed E-state index contributed by atoms with van der Waals surface area (Å²) in [4.78, 5) is 0. The Bertz CT molecular complexity index is 561. The highest BCUT2D eigenvalue weighted by molar-refractivity contribution is 5.61. The molecule has 18 heavy (non-hydrogen) atoms. The van der Waals surface area contributed by atoms with Crippen LogP contribution in [-0.4, -0.2) is 21.3 Å². The summed E-state index contributed by atoms with van der Waals surface area (Å²) in [6.45, 7) is 2.44. The van der Waals surface area contributed by atoms with E-state index < -0.39 is 0 Å². The third-order valence-electron chi connectivity index (χ3n) is 3.12. The third kappa shape index (κ3) is 2.22. The Balaban J connectivity index is 1.80. The Morgan fingerprint density at radius 1 is 1.39 bits per heavy atom. The van der Waals surface area contributed by atoms with Gasteiger partial charge in [0.05, 0.1) is 6.54 Å². The number of nitrogens with one attached hydrogen (secondary N) is 1. The molecule has 0 spiro atoms. The van der Waals surface area contributed by atoms with Gasteiger partial charge in [-0.25, -0.2) is 0 Å². The molecule has 1 fully saturated rings. The Morgan fingerprint density at radius 2 is 2.22 bits per heavy atom. The number of phenolic OH excluding ortho intramolecular Hbond substituents is 1. The highest BCUT2D eigenvalue weighted by Gasteiger charge is 2.21. The molecule has 2 N–H and O–H groups in total. The topological polar surface area (TPSA) is 71.2 Å². The van der Waals surface area contributed by atoms with Crippen LogP contribution in [0, 0.1) is 6.92 Å². The second-order valence-corrected chi connectivity index (χ2v) is 4.61. The number of nitrogens with zero attached hydrogens (tertiary/aromatic N) is 2. The lowest BCUT2D eigenvalue weighted by molar-refractivity contribution is 0.466. The second kappa shape index (κ2) is 4.42. The van der Waals surface area contributed by atoms with Gasteiger partial charge in [-0.1, -0.05) is 6.07 Å². The van der Waals surface area contributed by atoms with Crippen molar-refractivity contribution in [2.75, 3.05) is 0 Å². The number of phenols is 1. The molecule has 1 aromatic carbocycles. The third-order valence-corrected chi connectivity index (χ3v) is 3.12.